The van der Waals surface area contributed by atoms with Crippen LogP contribution in [0.4, 0.5) is 4.39 Å². The lowest BCUT2D eigenvalue weighted by Gasteiger charge is -2.19. The average Bonchev–Trinajstić information content (AvgIpc) is 2.27. The first-order valence-electron chi connectivity index (χ1n) is 5.43. The van der Waals surface area contributed by atoms with Gasteiger partial charge in [0.2, 0.25) is 0 Å². The van der Waals surface area contributed by atoms with Gasteiger partial charge in [-0.25, -0.2) is 4.39 Å². The van der Waals surface area contributed by atoms with Crippen molar-refractivity contribution in [1.82, 2.24) is 4.90 Å². The Morgan fingerprint density at radius 2 is 1.76 bits per heavy atom. The standard InChI is InChI=1S/C12H19FN2.2ClH/c1-2-15(9-3-8-14)10-11-4-6-12(13)7-5-11;;/h4-7H,2-3,8-10,14H2,1H3;2*1H. The van der Waals surface area contributed by atoms with E-state index in [0.717, 1.165) is 38.2 Å². The molecule has 0 saturated carbocycles. The fraction of sp³-hybridized carbons (Fsp3) is 0.500. The molecule has 0 spiro atoms. The molecule has 0 saturated heterocycles. The van der Waals surface area contributed by atoms with E-state index in [4.69, 9.17) is 5.73 Å². The molecule has 0 aromatic heterocycles. The third-order valence-electron chi connectivity index (χ3n) is 2.45. The summed E-state index contributed by atoms with van der Waals surface area (Å²) in [5.74, 6) is -0.177. The highest BCUT2D eigenvalue weighted by Gasteiger charge is 2.02. The van der Waals surface area contributed by atoms with Crippen LogP contribution in [0.25, 0.3) is 0 Å². The van der Waals surface area contributed by atoms with Crippen LogP contribution in [0.2, 0.25) is 0 Å². The fourth-order valence-electron chi connectivity index (χ4n) is 1.51. The lowest BCUT2D eigenvalue weighted by Crippen LogP contribution is -2.25. The summed E-state index contributed by atoms with van der Waals surface area (Å²) in [6.45, 7) is 5.72. The highest BCUT2D eigenvalue weighted by molar-refractivity contribution is 5.85. The van der Waals surface area contributed by atoms with Gasteiger partial charge in [-0.05, 0) is 43.8 Å². The molecule has 17 heavy (non-hydrogen) atoms. The van der Waals surface area contributed by atoms with Crippen LogP contribution in [-0.2, 0) is 6.54 Å². The Hall–Kier alpha value is -0.350. The molecule has 2 N–H and O–H groups in total. The van der Waals surface area contributed by atoms with Gasteiger partial charge in [0.15, 0.2) is 0 Å². The van der Waals surface area contributed by atoms with Crippen molar-refractivity contribution in [3.63, 3.8) is 0 Å². The molecule has 1 rings (SSSR count). The second-order valence-electron chi connectivity index (χ2n) is 3.64. The van der Waals surface area contributed by atoms with Crippen molar-refractivity contribution in [1.29, 1.82) is 0 Å². The predicted octanol–water partition coefficient (Wildman–Crippen LogP) is 2.84. The molecule has 0 aliphatic carbocycles. The highest BCUT2D eigenvalue weighted by Crippen LogP contribution is 2.06. The van der Waals surface area contributed by atoms with Crippen molar-refractivity contribution in [2.45, 2.75) is 19.9 Å². The number of nitrogens with two attached hydrogens (primary N) is 1. The van der Waals surface area contributed by atoms with Gasteiger partial charge in [0.05, 0.1) is 0 Å². The van der Waals surface area contributed by atoms with Gasteiger partial charge in [0.25, 0.3) is 0 Å². The van der Waals surface area contributed by atoms with Crippen molar-refractivity contribution in [3.8, 4) is 0 Å². The van der Waals surface area contributed by atoms with Gasteiger partial charge in [-0.2, -0.15) is 0 Å². The molecule has 0 fully saturated rings. The second-order valence-corrected chi connectivity index (χ2v) is 3.64. The number of rotatable bonds is 6. The van der Waals surface area contributed by atoms with Crippen molar-refractivity contribution in [2.75, 3.05) is 19.6 Å². The van der Waals surface area contributed by atoms with Crippen molar-refractivity contribution < 1.29 is 4.39 Å². The van der Waals surface area contributed by atoms with Gasteiger partial charge in [0.1, 0.15) is 5.82 Å². The van der Waals surface area contributed by atoms with Crippen molar-refractivity contribution >= 4 is 24.8 Å². The Kier molecular flexibility index (Phi) is 12.1. The van der Waals surface area contributed by atoms with Gasteiger partial charge >= 0.3 is 0 Å². The second kappa shape index (κ2) is 10.8. The van der Waals surface area contributed by atoms with Crippen LogP contribution in [0.5, 0.6) is 0 Å². The number of benzene rings is 1. The van der Waals surface area contributed by atoms with Gasteiger partial charge < -0.3 is 5.73 Å². The zero-order valence-corrected chi connectivity index (χ0v) is 11.7. The van der Waals surface area contributed by atoms with E-state index in [-0.39, 0.29) is 30.6 Å². The monoisotopic (exact) mass is 282 g/mol. The first-order valence-corrected chi connectivity index (χ1v) is 5.43. The molecular weight excluding hydrogens is 262 g/mol. The maximum absolute atomic E-state index is 12.7. The van der Waals surface area contributed by atoms with Crippen LogP contribution in [0.15, 0.2) is 24.3 Å². The largest absolute Gasteiger partial charge is 0.330 e. The van der Waals surface area contributed by atoms with E-state index in [2.05, 4.69) is 11.8 Å². The Morgan fingerprint density at radius 3 is 2.24 bits per heavy atom. The fourth-order valence-corrected chi connectivity index (χ4v) is 1.51. The van der Waals surface area contributed by atoms with Gasteiger partial charge in [-0.3, -0.25) is 4.90 Å². The molecule has 0 bridgehead atoms. The van der Waals surface area contributed by atoms with Crippen LogP contribution < -0.4 is 5.73 Å². The van der Waals surface area contributed by atoms with E-state index < -0.39 is 0 Å². The van der Waals surface area contributed by atoms with E-state index in [1.807, 2.05) is 12.1 Å². The summed E-state index contributed by atoms with van der Waals surface area (Å²) < 4.78 is 12.7. The van der Waals surface area contributed by atoms with Crippen LogP contribution in [0, 0.1) is 5.82 Å². The van der Waals surface area contributed by atoms with E-state index >= 15 is 0 Å². The molecule has 0 radical (unpaired) electrons. The molecule has 0 aliphatic heterocycles. The molecular formula is C12H21Cl2FN2. The Labute approximate surface area is 115 Å². The van der Waals surface area contributed by atoms with Crippen molar-refractivity contribution in [3.05, 3.63) is 35.6 Å². The molecule has 0 unspecified atom stereocenters. The summed E-state index contributed by atoms with van der Waals surface area (Å²) in [6, 6.07) is 6.68. The summed E-state index contributed by atoms with van der Waals surface area (Å²) >= 11 is 0. The minimum Gasteiger partial charge on any atom is -0.330 e. The molecule has 1 aromatic rings. The molecule has 1 aromatic carbocycles. The summed E-state index contributed by atoms with van der Waals surface area (Å²) in [7, 11) is 0. The number of hydrogen-bond acceptors (Lipinski definition) is 2. The first kappa shape index (κ1) is 19.0. The zero-order valence-electron chi connectivity index (χ0n) is 10.1. The predicted molar refractivity (Wildman–Crippen MR) is 75.5 cm³/mol. The third-order valence-corrected chi connectivity index (χ3v) is 2.45. The zero-order chi connectivity index (χ0) is 11.1. The Balaban J connectivity index is 0. The molecule has 5 heteroatoms. The summed E-state index contributed by atoms with van der Waals surface area (Å²) in [5.41, 5.74) is 6.62. The molecule has 0 amide bonds. The van der Waals surface area contributed by atoms with Gasteiger partial charge in [-0.15, -0.1) is 24.8 Å². The summed E-state index contributed by atoms with van der Waals surface area (Å²) in [5, 5.41) is 0. The minimum absolute atomic E-state index is 0. The normalized spacial score (nSPS) is 9.65. The number of hydrogen-bond donors (Lipinski definition) is 1. The minimum atomic E-state index is -0.177. The van der Waals surface area contributed by atoms with Crippen LogP contribution >= 0.6 is 24.8 Å². The van der Waals surface area contributed by atoms with E-state index in [0.29, 0.717) is 0 Å². The molecule has 0 atom stereocenters. The Bertz CT molecular complexity index is 280. The van der Waals surface area contributed by atoms with E-state index in [1.54, 1.807) is 0 Å². The Morgan fingerprint density at radius 1 is 1.18 bits per heavy atom. The summed E-state index contributed by atoms with van der Waals surface area (Å²) in [6.07, 6.45) is 1.01. The SMILES string of the molecule is CCN(CCCN)Cc1ccc(F)cc1.Cl.Cl. The van der Waals surface area contributed by atoms with Gasteiger partial charge in [-0.1, -0.05) is 19.1 Å². The molecule has 2 nitrogen and oxygen atoms in total. The maximum Gasteiger partial charge on any atom is 0.123 e. The quantitative estimate of drug-likeness (QED) is 0.870. The van der Waals surface area contributed by atoms with Crippen LogP contribution in [-0.4, -0.2) is 24.5 Å². The molecule has 0 heterocycles. The summed E-state index contributed by atoms with van der Waals surface area (Å²) in [4.78, 5) is 2.31. The third kappa shape index (κ3) is 7.55. The smallest absolute Gasteiger partial charge is 0.123 e. The number of halogens is 3. The molecule has 100 valence electrons. The van der Waals surface area contributed by atoms with Crippen LogP contribution in [0.1, 0.15) is 18.9 Å². The lowest BCUT2D eigenvalue weighted by atomic mass is 10.2. The lowest BCUT2D eigenvalue weighted by molar-refractivity contribution is 0.278. The topological polar surface area (TPSA) is 29.3 Å². The van der Waals surface area contributed by atoms with Crippen molar-refractivity contribution in [2.24, 2.45) is 5.73 Å². The maximum atomic E-state index is 12.7. The first-order chi connectivity index (χ1) is 7.26. The van der Waals surface area contributed by atoms with E-state index in [1.165, 1.54) is 12.1 Å². The highest BCUT2D eigenvalue weighted by atomic mass is 35.5. The van der Waals surface area contributed by atoms with Gasteiger partial charge in [0, 0.05) is 6.54 Å². The van der Waals surface area contributed by atoms with Crippen LogP contribution in [0.3, 0.4) is 0 Å². The van der Waals surface area contributed by atoms with E-state index in [9.17, 15) is 4.39 Å². The average molecular weight is 283 g/mol. The molecule has 0 aliphatic rings. The number of nitrogens with zero attached hydrogens (tertiary/aromatic N) is 1.